The van der Waals surface area contributed by atoms with Crippen LogP contribution in [0.15, 0.2) is 47.4 Å². The van der Waals surface area contributed by atoms with E-state index in [-0.39, 0.29) is 6.29 Å². The van der Waals surface area contributed by atoms with Crippen molar-refractivity contribution in [1.82, 2.24) is 0 Å². The van der Waals surface area contributed by atoms with E-state index in [2.05, 4.69) is 11.8 Å². The average molecular weight is 272 g/mol. The Morgan fingerprint density at radius 2 is 1.72 bits per heavy atom. The fourth-order valence-corrected chi connectivity index (χ4v) is 4.01. The minimum atomic E-state index is -0.357. The maximum absolute atomic E-state index is 5.84. The Balaban J connectivity index is 1.73. The first-order chi connectivity index (χ1) is 8.92. The molecule has 0 bridgehead atoms. The summed E-state index contributed by atoms with van der Waals surface area (Å²) in [5.41, 5.74) is 2.14. The maximum Gasteiger partial charge on any atom is 0.268 e. The standard InChI is InChI=1S/C14H8O2S2/c1-2-6-12-11(5-1)15-14(16-12)9-4-3-7-13-10(9)8-17-18-13/h1-7,14H. The summed E-state index contributed by atoms with van der Waals surface area (Å²) in [6.45, 7) is 0. The van der Waals surface area contributed by atoms with Gasteiger partial charge in [0.05, 0.1) is 5.75 Å². The Hall–Kier alpha value is -1.26. The van der Waals surface area contributed by atoms with E-state index in [9.17, 15) is 0 Å². The zero-order valence-corrected chi connectivity index (χ0v) is 10.9. The molecule has 0 fully saturated rings. The van der Waals surface area contributed by atoms with E-state index < -0.39 is 0 Å². The van der Waals surface area contributed by atoms with Crippen molar-refractivity contribution in [2.75, 3.05) is 0 Å². The van der Waals surface area contributed by atoms with Gasteiger partial charge in [0.15, 0.2) is 11.5 Å². The van der Waals surface area contributed by atoms with Gasteiger partial charge in [-0.1, -0.05) is 45.9 Å². The molecule has 2 nitrogen and oxygen atoms in total. The SMILES string of the molecule is [C]1SSc2cccc(C3Oc4ccccc4O3)c21. The van der Waals surface area contributed by atoms with E-state index in [1.54, 1.807) is 21.6 Å². The molecule has 2 radical (unpaired) electrons. The summed E-state index contributed by atoms with van der Waals surface area (Å²) in [5.74, 6) is 4.90. The summed E-state index contributed by atoms with van der Waals surface area (Å²) < 4.78 is 11.7. The lowest BCUT2D eigenvalue weighted by atomic mass is 10.1. The van der Waals surface area contributed by atoms with Crippen LogP contribution in [0.3, 0.4) is 0 Å². The van der Waals surface area contributed by atoms with E-state index in [0.29, 0.717) is 0 Å². The molecule has 0 saturated carbocycles. The molecule has 18 heavy (non-hydrogen) atoms. The lowest BCUT2D eigenvalue weighted by Gasteiger charge is -2.13. The zero-order valence-electron chi connectivity index (χ0n) is 9.25. The molecule has 0 aliphatic carbocycles. The number of benzene rings is 2. The quantitative estimate of drug-likeness (QED) is 0.720. The molecule has 2 aromatic rings. The minimum absolute atomic E-state index is 0.357. The molecule has 88 valence electrons. The maximum atomic E-state index is 5.84. The largest absolute Gasteiger partial charge is 0.447 e. The molecular weight excluding hydrogens is 264 g/mol. The smallest absolute Gasteiger partial charge is 0.268 e. The topological polar surface area (TPSA) is 18.5 Å². The Labute approximate surface area is 113 Å². The van der Waals surface area contributed by atoms with Gasteiger partial charge in [-0.3, -0.25) is 0 Å². The van der Waals surface area contributed by atoms with Crippen molar-refractivity contribution < 1.29 is 9.47 Å². The molecule has 0 N–H and O–H groups in total. The molecule has 4 heteroatoms. The van der Waals surface area contributed by atoms with Crippen molar-refractivity contribution in [3.05, 3.63) is 59.3 Å². The highest BCUT2D eigenvalue weighted by Crippen LogP contribution is 2.50. The first-order valence-corrected chi connectivity index (χ1v) is 7.71. The first-order valence-electron chi connectivity index (χ1n) is 5.56. The van der Waals surface area contributed by atoms with Gasteiger partial charge in [0.2, 0.25) is 0 Å². The van der Waals surface area contributed by atoms with Gasteiger partial charge in [-0.15, -0.1) is 0 Å². The third kappa shape index (κ3) is 1.60. The molecule has 0 unspecified atom stereocenters. The van der Waals surface area contributed by atoms with Crippen molar-refractivity contribution >= 4 is 21.6 Å². The van der Waals surface area contributed by atoms with Crippen LogP contribution in [0.5, 0.6) is 11.5 Å². The summed E-state index contributed by atoms with van der Waals surface area (Å²) in [7, 11) is 3.33. The number of hydrogen-bond donors (Lipinski definition) is 0. The van der Waals surface area contributed by atoms with Gasteiger partial charge < -0.3 is 9.47 Å². The second-order valence-corrected chi connectivity index (χ2v) is 5.98. The Bertz CT molecular complexity index is 587. The predicted molar refractivity (Wildman–Crippen MR) is 72.7 cm³/mol. The molecule has 0 aromatic heterocycles. The summed E-state index contributed by atoms with van der Waals surface area (Å²) >= 11 is 0. The minimum Gasteiger partial charge on any atom is -0.447 e. The summed E-state index contributed by atoms with van der Waals surface area (Å²) in [6.07, 6.45) is -0.357. The molecule has 0 amide bonds. The summed E-state index contributed by atoms with van der Waals surface area (Å²) in [5, 5.41) is 0. The van der Waals surface area contributed by atoms with Crippen LogP contribution < -0.4 is 9.47 Å². The Morgan fingerprint density at radius 1 is 0.944 bits per heavy atom. The number of ether oxygens (including phenoxy) is 2. The molecular formula is C14H8O2S2. The molecule has 4 rings (SSSR count). The van der Waals surface area contributed by atoms with Crippen LogP contribution in [0.2, 0.25) is 0 Å². The second kappa shape index (κ2) is 4.14. The van der Waals surface area contributed by atoms with Crippen LogP contribution in [0.4, 0.5) is 0 Å². The van der Waals surface area contributed by atoms with Crippen molar-refractivity contribution in [2.24, 2.45) is 0 Å². The molecule has 0 spiro atoms. The van der Waals surface area contributed by atoms with Crippen LogP contribution in [0.1, 0.15) is 17.4 Å². The van der Waals surface area contributed by atoms with Crippen LogP contribution in [-0.4, -0.2) is 0 Å². The van der Waals surface area contributed by atoms with Crippen molar-refractivity contribution in [1.29, 1.82) is 0 Å². The van der Waals surface area contributed by atoms with Gasteiger partial charge in [0, 0.05) is 10.5 Å². The summed E-state index contributed by atoms with van der Waals surface area (Å²) in [6, 6.07) is 13.9. The van der Waals surface area contributed by atoms with Gasteiger partial charge >= 0.3 is 0 Å². The van der Waals surface area contributed by atoms with E-state index >= 15 is 0 Å². The number of para-hydroxylation sites is 2. The number of fused-ring (bicyclic) bond motifs is 2. The van der Waals surface area contributed by atoms with Gasteiger partial charge in [-0.25, -0.2) is 0 Å². The Morgan fingerprint density at radius 3 is 2.50 bits per heavy atom. The third-order valence-corrected chi connectivity index (χ3v) is 4.83. The average Bonchev–Trinajstić information content (AvgIpc) is 3.04. The van der Waals surface area contributed by atoms with Crippen LogP contribution in [0, 0.1) is 5.75 Å². The van der Waals surface area contributed by atoms with Crippen LogP contribution in [0.25, 0.3) is 0 Å². The molecule has 2 aliphatic rings. The van der Waals surface area contributed by atoms with Crippen LogP contribution in [-0.2, 0) is 0 Å². The molecule has 2 heterocycles. The van der Waals surface area contributed by atoms with Crippen molar-refractivity contribution in [2.45, 2.75) is 11.2 Å². The molecule has 0 atom stereocenters. The number of hydrogen-bond acceptors (Lipinski definition) is 4. The number of rotatable bonds is 1. The molecule has 2 aromatic carbocycles. The lowest BCUT2D eigenvalue weighted by molar-refractivity contribution is 0.0482. The Kier molecular flexibility index (Phi) is 2.45. The molecule has 0 saturated heterocycles. The monoisotopic (exact) mass is 272 g/mol. The molecule has 2 aliphatic heterocycles. The van der Waals surface area contributed by atoms with E-state index in [4.69, 9.17) is 9.47 Å². The van der Waals surface area contributed by atoms with Crippen LogP contribution >= 0.6 is 21.6 Å². The highest BCUT2D eigenvalue weighted by molar-refractivity contribution is 8.78. The zero-order chi connectivity index (χ0) is 11.9. The van der Waals surface area contributed by atoms with Gasteiger partial charge in [-0.05, 0) is 23.8 Å². The van der Waals surface area contributed by atoms with Gasteiger partial charge in [-0.2, -0.15) is 0 Å². The van der Waals surface area contributed by atoms with Gasteiger partial charge in [0.1, 0.15) is 0 Å². The fourth-order valence-electron chi connectivity index (χ4n) is 2.06. The van der Waals surface area contributed by atoms with Gasteiger partial charge in [0.25, 0.3) is 6.29 Å². The predicted octanol–water partition coefficient (Wildman–Crippen LogP) is 4.30. The third-order valence-electron chi connectivity index (χ3n) is 2.90. The van der Waals surface area contributed by atoms with E-state index in [1.165, 1.54) is 4.90 Å². The van der Waals surface area contributed by atoms with E-state index in [0.717, 1.165) is 22.6 Å². The second-order valence-electron chi connectivity index (χ2n) is 4.00. The lowest BCUT2D eigenvalue weighted by Crippen LogP contribution is -2.10. The first kappa shape index (κ1) is 10.6. The highest BCUT2D eigenvalue weighted by Gasteiger charge is 2.30. The van der Waals surface area contributed by atoms with Crippen molar-refractivity contribution in [3.63, 3.8) is 0 Å². The fraction of sp³-hybridized carbons (Fsp3) is 0.0714. The highest BCUT2D eigenvalue weighted by atomic mass is 33.1. The van der Waals surface area contributed by atoms with Crippen molar-refractivity contribution in [3.8, 4) is 11.5 Å². The summed E-state index contributed by atoms with van der Waals surface area (Å²) in [4.78, 5) is 1.22. The van der Waals surface area contributed by atoms with E-state index in [1.807, 2.05) is 36.4 Å². The normalized spacial score (nSPS) is 16.9.